The van der Waals surface area contributed by atoms with Crippen LogP contribution in [0.15, 0.2) is 34.9 Å². The molecule has 31 heavy (non-hydrogen) atoms. The zero-order valence-electron chi connectivity index (χ0n) is 18.9. The van der Waals surface area contributed by atoms with Gasteiger partial charge in [0.05, 0.1) is 13.1 Å². The number of likely N-dealkylation sites (N-methyl/N-ethyl adjacent to an activating group) is 1. The highest BCUT2D eigenvalue weighted by molar-refractivity contribution is 5.91. The first-order valence-corrected chi connectivity index (χ1v) is 11.1. The Morgan fingerprint density at radius 3 is 2.58 bits per heavy atom. The molecular weight excluding hydrogens is 396 g/mol. The molecule has 1 aliphatic heterocycles. The molecule has 0 atom stereocenters. The van der Waals surface area contributed by atoms with Crippen LogP contribution >= 0.6 is 0 Å². The number of carbonyl (C=O) groups excluding carboxylic acids is 2. The molecule has 1 saturated heterocycles. The fourth-order valence-electron chi connectivity index (χ4n) is 3.89. The van der Waals surface area contributed by atoms with Crippen molar-refractivity contribution < 1.29 is 18.7 Å². The molecule has 0 aliphatic carbocycles. The summed E-state index contributed by atoms with van der Waals surface area (Å²) in [6, 6.07) is 7.59. The van der Waals surface area contributed by atoms with Gasteiger partial charge in [0.25, 0.3) is 5.91 Å². The van der Waals surface area contributed by atoms with E-state index in [1.807, 2.05) is 34.2 Å². The van der Waals surface area contributed by atoms with Crippen LogP contribution in [0.3, 0.4) is 0 Å². The van der Waals surface area contributed by atoms with E-state index in [1.54, 1.807) is 6.07 Å². The molecule has 0 aromatic carbocycles. The quantitative estimate of drug-likeness (QED) is 0.578. The van der Waals surface area contributed by atoms with E-state index in [0.29, 0.717) is 25.4 Å². The summed E-state index contributed by atoms with van der Waals surface area (Å²) in [4.78, 5) is 31.1. The zero-order chi connectivity index (χ0) is 22.2. The number of furan rings is 1. The van der Waals surface area contributed by atoms with Crippen molar-refractivity contribution in [1.29, 1.82) is 0 Å². The van der Waals surface area contributed by atoms with Crippen LogP contribution in [0, 0.1) is 0 Å². The molecule has 8 nitrogen and oxygen atoms in total. The summed E-state index contributed by atoms with van der Waals surface area (Å²) in [5.74, 6) is 1.04. The maximum atomic E-state index is 12.8. The summed E-state index contributed by atoms with van der Waals surface area (Å²) in [6.45, 7) is 10.2. The van der Waals surface area contributed by atoms with Crippen LogP contribution in [0.25, 0.3) is 0 Å². The van der Waals surface area contributed by atoms with Crippen molar-refractivity contribution in [3.05, 3.63) is 47.7 Å². The highest BCUT2D eigenvalue weighted by Crippen LogP contribution is 2.16. The van der Waals surface area contributed by atoms with Crippen molar-refractivity contribution in [3.63, 3.8) is 0 Å². The first-order chi connectivity index (χ1) is 15.0. The van der Waals surface area contributed by atoms with Crippen molar-refractivity contribution in [2.24, 2.45) is 0 Å². The molecule has 0 unspecified atom stereocenters. The molecule has 1 fully saturated rings. The third-order valence-corrected chi connectivity index (χ3v) is 5.70. The summed E-state index contributed by atoms with van der Waals surface area (Å²) < 4.78 is 13.0. The predicted octanol–water partition coefficient (Wildman–Crippen LogP) is 2.29. The molecule has 2 aromatic heterocycles. The van der Waals surface area contributed by atoms with Gasteiger partial charge in [0.1, 0.15) is 12.4 Å². The lowest BCUT2D eigenvalue weighted by atomic mass is 10.3. The fraction of sp³-hybridized carbons (Fsp3) is 0.565. The lowest BCUT2D eigenvalue weighted by Gasteiger charge is -2.33. The molecule has 0 radical (unpaired) electrons. The van der Waals surface area contributed by atoms with Gasteiger partial charge in [-0.1, -0.05) is 13.8 Å². The van der Waals surface area contributed by atoms with E-state index >= 15 is 0 Å². The molecule has 8 heteroatoms. The fourth-order valence-corrected chi connectivity index (χ4v) is 3.89. The summed E-state index contributed by atoms with van der Waals surface area (Å²) in [5.41, 5.74) is 1.01. The molecule has 0 N–H and O–H groups in total. The highest BCUT2D eigenvalue weighted by Gasteiger charge is 2.24. The Hall–Kier alpha value is -2.58. The standard InChI is InChI=1S/C23H34N4O4/c1-4-10-27(22(28)18-30-3)16-19-7-6-11-26(19)17-20-8-9-21(31-20)23(29)25-14-12-24(5-2)13-15-25/h6-9,11H,4-5,10,12-18H2,1-3H3. The van der Waals surface area contributed by atoms with Gasteiger partial charge in [-0.15, -0.1) is 0 Å². The molecule has 170 valence electrons. The Balaban J connectivity index is 1.63. The van der Waals surface area contributed by atoms with Gasteiger partial charge in [0, 0.05) is 51.7 Å². The van der Waals surface area contributed by atoms with E-state index < -0.39 is 0 Å². The second-order valence-corrected chi connectivity index (χ2v) is 7.87. The average Bonchev–Trinajstić information content (AvgIpc) is 3.43. The molecule has 0 bridgehead atoms. The first-order valence-electron chi connectivity index (χ1n) is 11.1. The number of ether oxygens (including phenoxy) is 1. The van der Waals surface area contributed by atoms with Crippen molar-refractivity contribution in [1.82, 2.24) is 19.3 Å². The van der Waals surface area contributed by atoms with Crippen LogP contribution in [0.1, 0.15) is 42.3 Å². The van der Waals surface area contributed by atoms with E-state index in [2.05, 4.69) is 23.3 Å². The maximum absolute atomic E-state index is 12.8. The number of nitrogens with zero attached hydrogens (tertiary/aromatic N) is 4. The molecule has 0 spiro atoms. The monoisotopic (exact) mass is 430 g/mol. The van der Waals surface area contributed by atoms with Crippen LogP contribution in [-0.2, 0) is 22.6 Å². The molecule has 2 aromatic rings. The van der Waals surface area contributed by atoms with Gasteiger partial charge in [0.15, 0.2) is 5.76 Å². The van der Waals surface area contributed by atoms with E-state index in [4.69, 9.17) is 9.15 Å². The molecule has 0 saturated carbocycles. The molecule has 3 rings (SSSR count). The van der Waals surface area contributed by atoms with Gasteiger partial charge in [-0.25, -0.2) is 0 Å². The normalized spacial score (nSPS) is 14.7. The minimum absolute atomic E-state index is 0.0221. The zero-order valence-corrected chi connectivity index (χ0v) is 18.9. The van der Waals surface area contributed by atoms with Crippen molar-refractivity contribution in [3.8, 4) is 0 Å². The van der Waals surface area contributed by atoms with Crippen LogP contribution in [0.5, 0.6) is 0 Å². The Morgan fingerprint density at radius 1 is 1.13 bits per heavy atom. The van der Waals surface area contributed by atoms with Gasteiger partial charge >= 0.3 is 0 Å². The lowest BCUT2D eigenvalue weighted by molar-refractivity contribution is -0.135. The summed E-state index contributed by atoms with van der Waals surface area (Å²) in [7, 11) is 1.53. The van der Waals surface area contributed by atoms with Crippen molar-refractivity contribution >= 4 is 11.8 Å². The maximum Gasteiger partial charge on any atom is 0.289 e. The molecule has 1 aliphatic rings. The van der Waals surface area contributed by atoms with Crippen molar-refractivity contribution in [2.45, 2.75) is 33.4 Å². The van der Waals surface area contributed by atoms with E-state index in [1.165, 1.54) is 7.11 Å². The number of rotatable bonds is 10. The third kappa shape index (κ3) is 5.98. The lowest BCUT2D eigenvalue weighted by Crippen LogP contribution is -2.48. The Kier molecular flexibility index (Phi) is 8.31. The minimum Gasteiger partial charge on any atom is -0.454 e. The van der Waals surface area contributed by atoms with E-state index in [0.717, 1.165) is 50.6 Å². The van der Waals surface area contributed by atoms with E-state index in [9.17, 15) is 9.59 Å². The van der Waals surface area contributed by atoms with Crippen LogP contribution < -0.4 is 0 Å². The number of hydrogen-bond acceptors (Lipinski definition) is 5. The Bertz CT molecular complexity index is 851. The first kappa shape index (κ1) is 23.1. The topological polar surface area (TPSA) is 71.2 Å². The van der Waals surface area contributed by atoms with Gasteiger partial charge in [-0.2, -0.15) is 0 Å². The number of amides is 2. The second-order valence-electron chi connectivity index (χ2n) is 7.87. The summed E-state index contributed by atoms with van der Waals surface area (Å²) in [5, 5.41) is 0. The van der Waals surface area contributed by atoms with Crippen LogP contribution in [-0.4, -0.2) is 84.1 Å². The van der Waals surface area contributed by atoms with Crippen LogP contribution in [0.4, 0.5) is 0 Å². The van der Waals surface area contributed by atoms with Gasteiger partial charge < -0.3 is 28.4 Å². The number of methoxy groups -OCH3 is 1. The molecule has 3 heterocycles. The largest absolute Gasteiger partial charge is 0.454 e. The second kappa shape index (κ2) is 11.2. The van der Waals surface area contributed by atoms with Gasteiger partial charge in [-0.3, -0.25) is 9.59 Å². The SMILES string of the molecule is CCCN(Cc1cccn1Cc1ccc(C(=O)N2CCN(CC)CC2)o1)C(=O)COC. The Labute approximate surface area is 184 Å². The predicted molar refractivity (Wildman–Crippen MR) is 118 cm³/mol. The number of piperazine rings is 1. The summed E-state index contributed by atoms with van der Waals surface area (Å²) >= 11 is 0. The minimum atomic E-state index is -0.0472. The van der Waals surface area contributed by atoms with Crippen molar-refractivity contribution in [2.75, 3.05) is 53.0 Å². The van der Waals surface area contributed by atoms with Gasteiger partial charge in [0.2, 0.25) is 5.91 Å². The van der Waals surface area contributed by atoms with E-state index in [-0.39, 0.29) is 18.4 Å². The highest BCUT2D eigenvalue weighted by atomic mass is 16.5. The summed E-state index contributed by atoms with van der Waals surface area (Å²) in [6.07, 6.45) is 2.85. The number of carbonyl (C=O) groups is 2. The third-order valence-electron chi connectivity index (χ3n) is 5.70. The Morgan fingerprint density at radius 2 is 1.90 bits per heavy atom. The number of hydrogen-bond donors (Lipinski definition) is 0. The molecular formula is C23H34N4O4. The van der Waals surface area contributed by atoms with Crippen LogP contribution in [0.2, 0.25) is 0 Å². The molecule has 2 amide bonds. The smallest absolute Gasteiger partial charge is 0.289 e. The average molecular weight is 431 g/mol. The number of aromatic nitrogens is 1. The van der Waals surface area contributed by atoms with Gasteiger partial charge in [-0.05, 0) is 37.2 Å².